The van der Waals surface area contributed by atoms with E-state index in [0.29, 0.717) is 0 Å². The first kappa shape index (κ1) is 25.6. The van der Waals surface area contributed by atoms with E-state index >= 15 is 0 Å². The molecule has 154 valence electrons. The number of esters is 1. The highest BCUT2D eigenvalue weighted by Crippen LogP contribution is 2.03. The zero-order valence-corrected chi connectivity index (χ0v) is 17.8. The Bertz CT molecular complexity index is 823. The van der Waals surface area contributed by atoms with Crippen LogP contribution in [0.5, 0.6) is 0 Å². The lowest BCUT2D eigenvalue weighted by Gasteiger charge is -1.91. The van der Waals surface area contributed by atoms with Crippen LogP contribution >= 0.6 is 0 Å². The first-order valence-electron chi connectivity index (χ1n) is 9.13. The molecule has 0 atom stereocenters. The van der Waals surface area contributed by atoms with Crippen molar-refractivity contribution in [1.29, 1.82) is 0 Å². The Balaban J connectivity index is 4.69. The largest absolute Gasteiger partial charge is 0.478 e. The molecular weight excluding hydrogens is 364 g/mol. The van der Waals surface area contributed by atoms with Gasteiger partial charge in [-0.15, -0.1) is 0 Å². The Morgan fingerprint density at radius 3 is 1.28 bits per heavy atom. The summed E-state index contributed by atoms with van der Waals surface area (Å²) >= 11 is 0. The molecule has 0 aromatic rings. The van der Waals surface area contributed by atoms with Crippen LogP contribution in [0.15, 0.2) is 107 Å². The van der Waals surface area contributed by atoms with Gasteiger partial charge < -0.3 is 9.84 Å². The summed E-state index contributed by atoms with van der Waals surface area (Å²) in [7, 11) is 1.35. The molecule has 0 aliphatic rings. The second kappa shape index (κ2) is 15.6. The fourth-order valence-electron chi connectivity index (χ4n) is 1.83. The number of aliphatic carboxylic acids is 1. The van der Waals surface area contributed by atoms with Gasteiger partial charge in [-0.3, -0.25) is 0 Å². The van der Waals surface area contributed by atoms with Gasteiger partial charge in [-0.1, -0.05) is 95.2 Å². The molecule has 0 aromatic heterocycles. The fourth-order valence-corrected chi connectivity index (χ4v) is 1.83. The third-order valence-corrected chi connectivity index (χ3v) is 3.44. The Morgan fingerprint density at radius 2 is 0.931 bits per heavy atom. The Hall–Kier alpha value is -3.40. The van der Waals surface area contributed by atoms with Crippen molar-refractivity contribution in [3.05, 3.63) is 107 Å². The summed E-state index contributed by atoms with van der Waals surface area (Å²) in [5.41, 5.74) is 4.05. The second-order valence-electron chi connectivity index (χ2n) is 6.27. The van der Waals surface area contributed by atoms with E-state index in [0.717, 1.165) is 28.4 Å². The van der Waals surface area contributed by atoms with Crippen molar-refractivity contribution >= 4 is 11.9 Å². The Morgan fingerprint density at radius 1 is 0.586 bits per heavy atom. The van der Waals surface area contributed by atoms with Gasteiger partial charge in [0.2, 0.25) is 0 Å². The highest BCUT2D eigenvalue weighted by molar-refractivity contribution is 5.82. The minimum absolute atomic E-state index is 0.377. The number of hydrogen-bond donors (Lipinski definition) is 1. The van der Waals surface area contributed by atoms with Gasteiger partial charge in [0.05, 0.1) is 7.11 Å². The van der Waals surface area contributed by atoms with Crippen LogP contribution in [0.25, 0.3) is 0 Å². The lowest BCUT2D eigenvalue weighted by Crippen LogP contribution is -1.92. The van der Waals surface area contributed by atoms with Gasteiger partial charge in [0.25, 0.3) is 0 Å². The topological polar surface area (TPSA) is 63.6 Å². The van der Waals surface area contributed by atoms with Gasteiger partial charge in [-0.05, 0) is 27.7 Å². The summed E-state index contributed by atoms with van der Waals surface area (Å²) in [5, 5.41) is 8.58. The quantitative estimate of drug-likeness (QED) is 0.288. The molecule has 0 saturated heterocycles. The fraction of sp³-hybridized carbons (Fsp3) is 0.200. The van der Waals surface area contributed by atoms with Crippen LogP contribution < -0.4 is 0 Å². The minimum atomic E-state index is -0.956. The SMILES string of the molecule is COC(=O)\C=C/C=C(C)\C=C/C=C(C)/C=C\C=C(C)\C=C/C=C(C)/C=C\C(=O)O. The monoisotopic (exact) mass is 394 g/mol. The van der Waals surface area contributed by atoms with Crippen LogP contribution in [0.1, 0.15) is 27.7 Å². The molecule has 0 unspecified atom stereocenters. The number of carbonyl (C=O) groups excluding carboxylic acids is 1. The van der Waals surface area contributed by atoms with Crippen molar-refractivity contribution in [2.75, 3.05) is 7.11 Å². The average molecular weight is 395 g/mol. The summed E-state index contributed by atoms with van der Waals surface area (Å²) in [6, 6.07) is 0. The standard InChI is InChI=1S/C25H30O4/c1-20(12-7-13-22(3)16-9-17-25(28)29-5)10-6-11-21(2)14-8-15-23(4)18-19-24(26)27/h6-19H,1-5H3,(H,26,27)/b10-6-,13-7-,14-8-,17-9-,19-18-,20-12+,21-11+,22-16-,23-15+. The summed E-state index contributed by atoms with van der Waals surface area (Å²) in [4.78, 5) is 21.4. The van der Waals surface area contributed by atoms with Crippen molar-refractivity contribution in [2.45, 2.75) is 27.7 Å². The number of allylic oxidation sites excluding steroid dienone is 16. The van der Waals surface area contributed by atoms with E-state index in [1.165, 1.54) is 13.2 Å². The predicted octanol–water partition coefficient (Wildman–Crippen LogP) is 5.81. The van der Waals surface area contributed by atoms with Crippen molar-refractivity contribution in [1.82, 2.24) is 0 Å². The molecule has 4 heteroatoms. The molecule has 1 N–H and O–H groups in total. The van der Waals surface area contributed by atoms with Gasteiger partial charge in [-0.2, -0.15) is 0 Å². The average Bonchev–Trinajstić information content (AvgIpc) is 2.66. The van der Waals surface area contributed by atoms with Crippen LogP contribution in [-0.4, -0.2) is 24.2 Å². The van der Waals surface area contributed by atoms with Crippen molar-refractivity contribution in [3.8, 4) is 0 Å². The molecule has 0 heterocycles. The lowest BCUT2D eigenvalue weighted by atomic mass is 10.2. The van der Waals surface area contributed by atoms with Crippen molar-refractivity contribution in [3.63, 3.8) is 0 Å². The molecular formula is C25H30O4. The number of rotatable bonds is 10. The third-order valence-electron chi connectivity index (χ3n) is 3.44. The molecule has 0 aromatic carbocycles. The number of ether oxygens (including phenoxy) is 1. The van der Waals surface area contributed by atoms with Crippen molar-refractivity contribution < 1.29 is 19.4 Å². The van der Waals surface area contributed by atoms with E-state index in [1.807, 2.05) is 88.5 Å². The molecule has 0 amide bonds. The van der Waals surface area contributed by atoms with E-state index in [1.54, 1.807) is 12.2 Å². The van der Waals surface area contributed by atoms with Gasteiger partial charge in [0.15, 0.2) is 0 Å². The number of carboxylic acid groups (broad SMARTS) is 1. The summed E-state index contributed by atoms with van der Waals surface area (Å²) < 4.78 is 4.52. The molecule has 0 saturated carbocycles. The van der Waals surface area contributed by atoms with E-state index in [9.17, 15) is 9.59 Å². The normalized spacial score (nSPS) is 14.9. The molecule has 0 aliphatic carbocycles. The van der Waals surface area contributed by atoms with Crippen LogP contribution in [0.4, 0.5) is 0 Å². The molecule has 0 bridgehead atoms. The minimum Gasteiger partial charge on any atom is -0.478 e. The maximum Gasteiger partial charge on any atom is 0.330 e. The summed E-state index contributed by atoms with van der Waals surface area (Å²) in [6.07, 6.45) is 25.1. The van der Waals surface area contributed by atoms with E-state index in [-0.39, 0.29) is 5.97 Å². The number of hydrogen-bond acceptors (Lipinski definition) is 3. The number of methoxy groups -OCH3 is 1. The van der Waals surface area contributed by atoms with Crippen LogP contribution in [-0.2, 0) is 14.3 Å². The van der Waals surface area contributed by atoms with E-state index in [4.69, 9.17) is 5.11 Å². The molecule has 29 heavy (non-hydrogen) atoms. The smallest absolute Gasteiger partial charge is 0.330 e. The van der Waals surface area contributed by atoms with Crippen LogP contribution in [0, 0.1) is 0 Å². The second-order valence-corrected chi connectivity index (χ2v) is 6.27. The van der Waals surface area contributed by atoms with Crippen molar-refractivity contribution in [2.24, 2.45) is 0 Å². The predicted molar refractivity (Wildman–Crippen MR) is 120 cm³/mol. The Kier molecular flexibility index (Phi) is 13.8. The first-order valence-corrected chi connectivity index (χ1v) is 9.13. The van der Waals surface area contributed by atoms with Gasteiger partial charge in [0.1, 0.15) is 0 Å². The highest BCUT2D eigenvalue weighted by Gasteiger charge is 1.88. The molecule has 0 rings (SSSR count). The van der Waals surface area contributed by atoms with Gasteiger partial charge >= 0.3 is 11.9 Å². The first-order chi connectivity index (χ1) is 13.7. The highest BCUT2D eigenvalue weighted by atomic mass is 16.5. The Labute approximate surface area is 174 Å². The zero-order chi connectivity index (χ0) is 22.1. The third kappa shape index (κ3) is 16.5. The van der Waals surface area contributed by atoms with Gasteiger partial charge in [-0.25, -0.2) is 9.59 Å². The van der Waals surface area contributed by atoms with Gasteiger partial charge in [0, 0.05) is 12.2 Å². The lowest BCUT2D eigenvalue weighted by molar-refractivity contribution is -0.135. The number of carbonyl (C=O) groups is 2. The van der Waals surface area contributed by atoms with Crippen LogP contribution in [0.2, 0.25) is 0 Å². The number of carboxylic acids is 1. The summed E-state index contributed by atoms with van der Waals surface area (Å²) in [5.74, 6) is -1.33. The molecule has 4 nitrogen and oxygen atoms in total. The van der Waals surface area contributed by atoms with Crippen LogP contribution in [0.3, 0.4) is 0 Å². The van der Waals surface area contributed by atoms with E-state index in [2.05, 4.69) is 4.74 Å². The maximum absolute atomic E-state index is 11.0. The molecule has 0 radical (unpaired) electrons. The van der Waals surface area contributed by atoms with E-state index < -0.39 is 5.97 Å². The molecule has 0 spiro atoms. The summed E-state index contributed by atoms with van der Waals surface area (Å²) in [6.45, 7) is 7.79. The maximum atomic E-state index is 11.0. The molecule has 0 aliphatic heterocycles. The zero-order valence-electron chi connectivity index (χ0n) is 17.8. The molecule has 0 fully saturated rings.